The van der Waals surface area contributed by atoms with Crippen molar-refractivity contribution >= 4 is 28.8 Å². The summed E-state index contributed by atoms with van der Waals surface area (Å²) in [5, 5.41) is 3.19. The second-order valence-corrected chi connectivity index (χ2v) is 5.51. The predicted octanol–water partition coefficient (Wildman–Crippen LogP) is 1.91. The number of hydrogen-bond acceptors (Lipinski definition) is 4. The summed E-state index contributed by atoms with van der Waals surface area (Å²) in [4.78, 5) is 9.49. The Bertz CT molecular complexity index is 502. The molecule has 19 heavy (non-hydrogen) atoms. The zero-order chi connectivity index (χ0) is 13.4. The van der Waals surface area contributed by atoms with E-state index >= 15 is 0 Å². The number of aromatic nitrogens is 1. The first-order valence-corrected chi connectivity index (χ1v) is 7.22. The van der Waals surface area contributed by atoms with Gasteiger partial charge >= 0.3 is 0 Å². The average Bonchev–Trinajstić information content (AvgIpc) is 2.88. The summed E-state index contributed by atoms with van der Waals surface area (Å²) in [7, 11) is 2.14. The van der Waals surface area contributed by atoms with Crippen LogP contribution in [-0.4, -0.2) is 43.6 Å². The Kier molecular flexibility index (Phi) is 3.27. The van der Waals surface area contributed by atoms with Crippen molar-refractivity contribution in [3.8, 4) is 0 Å². The maximum atomic E-state index is 5.68. The van der Waals surface area contributed by atoms with Gasteiger partial charge in [-0.25, -0.2) is 4.98 Å². The first-order chi connectivity index (χ1) is 9.20. The van der Waals surface area contributed by atoms with Gasteiger partial charge in [-0.2, -0.15) is 0 Å². The number of pyridine rings is 1. The van der Waals surface area contributed by atoms with Crippen LogP contribution in [0.25, 0.3) is 5.70 Å². The van der Waals surface area contributed by atoms with E-state index in [2.05, 4.69) is 34.8 Å². The van der Waals surface area contributed by atoms with E-state index in [9.17, 15) is 0 Å². The maximum absolute atomic E-state index is 5.68. The molecular weight excluding hydrogens is 260 g/mol. The molecule has 5 heteroatoms. The number of halogens is 1. The van der Waals surface area contributed by atoms with E-state index in [1.165, 1.54) is 12.1 Å². The fourth-order valence-corrected chi connectivity index (χ4v) is 2.95. The molecule has 0 aliphatic carbocycles. The lowest BCUT2D eigenvalue weighted by Gasteiger charge is -2.34. The van der Waals surface area contributed by atoms with Crippen LogP contribution in [0.3, 0.4) is 0 Å². The molecule has 1 aromatic heterocycles. The van der Waals surface area contributed by atoms with E-state index in [1.807, 2.05) is 6.07 Å². The molecular formula is C14H19ClN4. The zero-order valence-corrected chi connectivity index (χ0v) is 12.0. The summed E-state index contributed by atoms with van der Waals surface area (Å²) in [5.74, 6) is 1.64. The predicted molar refractivity (Wildman–Crippen MR) is 81.0 cm³/mol. The molecule has 0 amide bonds. The molecule has 2 bridgehead atoms. The molecule has 1 fully saturated rings. The van der Waals surface area contributed by atoms with Gasteiger partial charge in [0.15, 0.2) is 5.82 Å². The summed E-state index contributed by atoms with van der Waals surface area (Å²) in [6, 6.07) is 4.79. The molecule has 3 rings (SSSR count). The minimum atomic E-state index is 0.569. The highest BCUT2D eigenvalue weighted by molar-refractivity contribution is 6.18. The summed E-state index contributed by atoms with van der Waals surface area (Å²) in [6.45, 7) is 6.99. The summed E-state index contributed by atoms with van der Waals surface area (Å²) in [5.41, 5.74) is 2.98. The Hall–Kier alpha value is -1.42. The van der Waals surface area contributed by atoms with Crippen molar-refractivity contribution in [2.45, 2.75) is 12.5 Å². The van der Waals surface area contributed by atoms with Crippen LogP contribution < -0.4 is 15.1 Å². The Morgan fingerprint density at radius 2 is 2.42 bits per heavy atom. The van der Waals surface area contributed by atoms with Crippen LogP contribution in [0.2, 0.25) is 0 Å². The van der Waals surface area contributed by atoms with Crippen LogP contribution in [0.15, 0.2) is 18.7 Å². The lowest BCUT2D eigenvalue weighted by molar-refractivity contribution is 0.672. The van der Waals surface area contributed by atoms with Crippen molar-refractivity contribution in [2.75, 3.05) is 42.4 Å². The van der Waals surface area contributed by atoms with Crippen LogP contribution in [0.1, 0.15) is 12.1 Å². The molecule has 0 saturated carbocycles. The lowest BCUT2D eigenvalue weighted by Crippen LogP contribution is -2.40. The number of rotatable bonds is 4. The van der Waals surface area contributed by atoms with Crippen LogP contribution in [0, 0.1) is 0 Å². The molecule has 1 unspecified atom stereocenters. The van der Waals surface area contributed by atoms with Gasteiger partial charge in [0.1, 0.15) is 0 Å². The highest BCUT2D eigenvalue weighted by Gasteiger charge is 2.34. The van der Waals surface area contributed by atoms with E-state index in [1.54, 1.807) is 0 Å². The average molecular weight is 279 g/mol. The number of anilines is 2. The van der Waals surface area contributed by atoms with Crippen LogP contribution in [0.4, 0.5) is 11.5 Å². The van der Waals surface area contributed by atoms with Crippen LogP contribution >= 0.6 is 11.6 Å². The van der Waals surface area contributed by atoms with E-state index in [4.69, 9.17) is 16.6 Å². The van der Waals surface area contributed by atoms with Crippen LogP contribution in [0.5, 0.6) is 0 Å². The fourth-order valence-electron chi connectivity index (χ4n) is 2.85. The number of fused-ring (bicyclic) bond motifs is 4. The monoisotopic (exact) mass is 278 g/mol. The highest BCUT2D eigenvalue weighted by atomic mass is 35.5. The van der Waals surface area contributed by atoms with Gasteiger partial charge in [0.2, 0.25) is 0 Å². The van der Waals surface area contributed by atoms with Gasteiger partial charge in [-0.05, 0) is 18.6 Å². The van der Waals surface area contributed by atoms with Crippen molar-refractivity contribution in [1.82, 2.24) is 10.3 Å². The molecule has 2 aliphatic rings. The van der Waals surface area contributed by atoms with Gasteiger partial charge < -0.3 is 15.1 Å². The van der Waals surface area contributed by atoms with Crippen molar-refractivity contribution in [1.29, 1.82) is 0 Å². The standard InChI is InChI=1S/C14H19ClN4/c1-10(16-7-6-15)12-3-4-13-14(17-12)18(2)11-5-8-19(13)9-11/h3-4,11,16H,1,5-9H2,2H3. The van der Waals surface area contributed by atoms with E-state index in [0.717, 1.165) is 30.3 Å². The van der Waals surface area contributed by atoms with E-state index in [-0.39, 0.29) is 0 Å². The summed E-state index contributed by atoms with van der Waals surface area (Å²) >= 11 is 5.68. The minimum absolute atomic E-state index is 0.569. The molecule has 3 heterocycles. The van der Waals surface area contributed by atoms with Gasteiger partial charge in [-0.1, -0.05) is 6.58 Å². The smallest absolute Gasteiger partial charge is 0.153 e. The molecule has 2 aliphatic heterocycles. The van der Waals surface area contributed by atoms with Gasteiger partial charge in [0.25, 0.3) is 0 Å². The first-order valence-electron chi connectivity index (χ1n) is 6.68. The topological polar surface area (TPSA) is 31.4 Å². The van der Waals surface area contributed by atoms with E-state index in [0.29, 0.717) is 18.5 Å². The summed E-state index contributed by atoms with van der Waals surface area (Å²) in [6.07, 6.45) is 1.22. The molecule has 0 aromatic carbocycles. The molecule has 102 valence electrons. The largest absolute Gasteiger partial charge is 0.383 e. The third-order valence-corrected chi connectivity index (χ3v) is 4.17. The molecule has 0 radical (unpaired) electrons. The number of nitrogens with zero attached hydrogens (tertiary/aromatic N) is 3. The molecule has 4 nitrogen and oxygen atoms in total. The van der Waals surface area contributed by atoms with Gasteiger partial charge in [-0.3, -0.25) is 0 Å². The molecule has 0 spiro atoms. The SMILES string of the molecule is C=C(NCCCl)c1ccc2c(n1)N(C)C1CCN2C1. The number of likely N-dealkylation sites (N-methyl/N-ethyl adjacent to an activating group) is 1. The Labute approximate surface area is 119 Å². The Balaban J connectivity index is 1.89. The van der Waals surface area contributed by atoms with Crippen molar-refractivity contribution in [2.24, 2.45) is 0 Å². The zero-order valence-electron chi connectivity index (χ0n) is 11.2. The fraction of sp³-hybridized carbons (Fsp3) is 0.500. The quantitative estimate of drug-likeness (QED) is 0.853. The minimum Gasteiger partial charge on any atom is -0.383 e. The Morgan fingerprint density at radius 1 is 1.58 bits per heavy atom. The molecule has 1 atom stereocenters. The van der Waals surface area contributed by atoms with Gasteiger partial charge in [0, 0.05) is 38.6 Å². The third-order valence-electron chi connectivity index (χ3n) is 3.98. The number of alkyl halides is 1. The van der Waals surface area contributed by atoms with Crippen molar-refractivity contribution in [3.05, 3.63) is 24.4 Å². The second-order valence-electron chi connectivity index (χ2n) is 5.13. The highest BCUT2D eigenvalue weighted by Crippen LogP contribution is 2.38. The van der Waals surface area contributed by atoms with Crippen LogP contribution in [-0.2, 0) is 0 Å². The van der Waals surface area contributed by atoms with Crippen molar-refractivity contribution in [3.63, 3.8) is 0 Å². The number of hydrogen-bond donors (Lipinski definition) is 1. The summed E-state index contributed by atoms with van der Waals surface area (Å²) < 4.78 is 0. The molecule has 1 saturated heterocycles. The van der Waals surface area contributed by atoms with Gasteiger partial charge in [-0.15, -0.1) is 11.6 Å². The second kappa shape index (κ2) is 4.93. The first kappa shape index (κ1) is 12.6. The molecule has 1 aromatic rings. The number of nitrogens with one attached hydrogen (secondary N) is 1. The van der Waals surface area contributed by atoms with Gasteiger partial charge in [0.05, 0.1) is 17.1 Å². The van der Waals surface area contributed by atoms with E-state index < -0.39 is 0 Å². The normalized spacial score (nSPS) is 20.4. The Morgan fingerprint density at radius 3 is 3.21 bits per heavy atom. The lowest BCUT2D eigenvalue weighted by atomic mass is 10.2. The maximum Gasteiger partial charge on any atom is 0.153 e. The van der Waals surface area contributed by atoms with Crippen molar-refractivity contribution < 1.29 is 0 Å². The third kappa shape index (κ3) is 2.14. The molecule has 1 N–H and O–H groups in total.